The average Bonchev–Trinajstić information content (AvgIpc) is 3.06. The fourth-order valence-corrected chi connectivity index (χ4v) is 6.73. The lowest BCUT2D eigenvalue weighted by atomic mass is 10.0. The summed E-state index contributed by atoms with van der Waals surface area (Å²) in [6, 6.07) is 0. The lowest BCUT2D eigenvalue weighted by Gasteiger charge is -2.20. The molecule has 0 bridgehead atoms. The summed E-state index contributed by atoms with van der Waals surface area (Å²) in [5.74, 6) is 0. The summed E-state index contributed by atoms with van der Waals surface area (Å²) in [5, 5.41) is 0. The third-order valence-electron chi connectivity index (χ3n) is 9.07. The quantitative estimate of drug-likeness (QED) is 0.0486. The summed E-state index contributed by atoms with van der Waals surface area (Å²) < 4.78 is 34.6. The van der Waals surface area contributed by atoms with Gasteiger partial charge in [0.25, 0.3) is 0 Å². The summed E-state index contributed by atoms with van der Waals surface area (Å²) in [5.41, 5.74) is 5.49. The van der Waals surface area contributed by atoms with E-state index in [1.807, 2.05) is 0 Å². The van der Waals surface area contributed by atoms with Crippen LogP contribution in [0.15, 0.2) is 0 Å². The van der Waals surface area contributed by atoms with Crippen molar-refractivity contribution in [3.8, 4) is 0 Å². The molecule has 284 valence electrons. The second-order valence-corrected chi connectivity index (χ2v) is 15.3. The number of nitrogens with two attached hydrogens (primary N) is 1. The summed E-state index contributed by atoms with van der Waals surface area (Å²) in [4.78, 5) is 10.1. The standard InChI is InChI=1S/C39H82NO6P/c1-3-5-7-9-11-13-15-17-19-21-23-25-27-30-34-43-37-39(38-46-47(41,42)45-36-32-29-33-40)44-35-31-28-26-24-22-20-18-16-14-12-10-8-6-4-2/h39H,3-38,40H2,1-2H3,(H,41,42)/t39-/m1/s1. The number of phosphoric acid groups is 1. The van der Waals surface area contributed by atoms with Gasteiger partial charge in [-0.1, -0.05) is 181 Å². The normalized spacial score (nSPS) is 13.7. The fraction of sp³-hybridized carbons (Fsp3) is 1.00. The molecule has 1 unspecified atom stereocenters. The molecule has 0 aliphatic carbocycles. The number of unbranched alkanes of at least 4 members (excludes halogenated alkanes) is 27. The van der Waals surface area contributed by atoms with Gasteiger partial charge in [0, 0.05) is 13.2 Å². The van der Waals surface area contributed by atoms with Crippen molar-refractivity contribution in [1.29, 1.82) is 0 Å². The Kier molecular flexibility index (Phi) is 38.8. The van der Waals surface area contributed by atoms with Crippen molar-refractivity contribution in [2.45, 2.75) is 213 Å². The van der Waals surface area contributed by atoms with Gasteiger partial charge in [-0.2, -0.15) is 0 Å². The van der Waals surface area contributed by atoms with Crippen molar-refractivity contribution in [2.24, 2.45) is 5.73 Å². The van der Waals surface area contributed by atoms with E-state index in [4.69, 9.17) is 24.3 Å². The van der Waals surface area contributed by atoms with Crippen molar-refractivity contribution >= 4 is 7.82 Å². The third-order valence-corrected chi connectivity index (χ3v) is 10.1. The Hall–Kier alpha value is -0.0100. The Bertz CT molecular complexity index is 641. The number of hydrogen-bond acceptors (Lipinski definition) is 6. The molecular weight excluding hydrogens is 609 g/mol. The molecule has 0 rings (SSSR count). The van der Waals surface area contributed by atoms with Crippen molar-refractivity contribution < 1.29 is 28.0 Å². The van der Waals surface area contributed by atoms with Gasteiger partial charge in [-0.3, -0.25) is 9.05 Å². The SMILES string of the molecule is CCCCCCCCCCCCCCCCOC[C@H](COP(=O)(O)OCCCCN)OCCCCCCCCCCCCCCCC. The van der Waals surface area contributed by atoms with E-state index in [0.29, 0.717) is 32.8 Å². The Morgan fingerprint density at radius 2 is 0.830 bits per heavy atom. The summed E-state index contributed by atoms with van der Waals surface area (Å²) in [6.07, 6.45) is 38.2. The van der Waals surface area contributed by atoms with Gasteiger partial charge in [-0.05, 0) is 32.2 Å². The van der Waals surface area contributed by atoms with Gasteiger partial charge in [0.1, 0.15) is 6.10 Å². The average molecular weight is 692 g/mol. The first-order valence-electron chi connectivity index (χ1n) is 20.6. The van der Waals surface area contributed by atoms with E-state index in [-0.39, 0.29) is 19.3 Å². The molecule has 0 radical (unpaired) electrons. The smallest absolute Gasteiger partial charge is 0.379 e. The molecule has 0 spiro atoms. The van der Waals surface area contributed by atoms with Crippen LogP contribution in [0.25, 0.3) is 0 Å². The predicted octanol–water partition coefficient (Wildman–Crippen LogP) is 12.2. The van der Waals surface area contributed by atoms with Crippen molar-refractivity contribution in [1.82, 2.24) is 0 Å². The van der Waals surface area contributed by atoms with Crippen LogP contribution in [0.5, 0.6) is 0 Å². The molecule has 0 heterocycles. The number of rotatable bonds is 41. The van der Waals surface area contributed by atoms with Gasteiger partial charge in [0.05, 0.1) is 19.8 Å². The van der Waals surface area contributed by atoms with Crippen molar-refractivity contribution in [3.05, 3.63) is 0 Å². The number of phosphoric ester groups is 1. The maximum atomic E-state index is 12.3. The van der Waals surface area contributed by atoms with Crippen LogP contribution in [0.3, 0.4) is 0 Å². The highest BCUT2D eigenvalue weighted by molar-refractivity contribution is 7.47. The lowest BCUT2D eigenvalue weighted by Crippen LogP contribution is -2.26. The molecule has 0 saturated heterocycles. The zero-order valence-electron chi connectivity index (χ0n) is 31.5. The summed E-state index contributed by atoms with van der Waals surface area (Å²) in [6.45, 7) is 6.90. The second-order valence-electron chi connectivity index (χ2n) is 13.9. The van der Waals surface area contributed by atoms with Gasteiger partial charge in [0.2, 0.25) is 0 Å². The largest absolute Gasteiger partial charge is 0.472 e. The van der Waals surface area contributed by atoms with Crippen molar-refractivity contribution in [3.63, 3.8) is 0 Å². The number of hydrogen-bond donors (Lipinski definition) is 2. The molecule has 47 heavy (non-hydrogen) atoms. The molecule has 0 aliphatic rings. The molecule has 0 aromatic carbocycles. The van der Waals surface area contributed by atoms with Gasteiger partial charge < -0.3 is 20.1 Å². The van der Waals surface area contributed by atoms with E-state index in [0.717, 1.165) is 25.7 Å². The highest BCUT2D eigenvalue weighted by Gasteiger charge is 2.23. The third kappa shape index (κ3) is 38.6. The molecule has 0 aromatic rings. The predicted molar refractivity (Wildman–Crippen MR) is 201 cm³/mol. The van der Waals surface area contributed by atoms with Gasteiger partial charge in [-0.25, -0.2) is 4.57 Å². The Morgan fingerprint density at radius 1 is 0.468 bits per heavy atom. The Balaban J connectivity index is 4.00. The molecule has 0 aliphatic heterocycles. The molecule has 2 atom stereocenters. The van der Waals surface area contributed by atoms with Crippen LogP contribution < -0.4 is 5.73 Å². The van der Waals surface area contributed by atoms with Crippen LogP contribution in [-0.4, -0.2) is 50.6 Å². The van der Waals surface area contributed by atoms with E-state index in [9.17, 15) is 9.46 Å². The second kappa shape index (κ2) is 38.8. The van der Waals surface area contributed by atoms with Crippen molar-refractivity contribution in [2.75, 3.05) is 39.6 Å². The topological polar surface area (TPSA) is 100 Å². The first kappa shape index (κ1) is 47.0. The van der Waals surface area contributed by atoms with Crippen LogP contribution in [0.2, 0.25) is 0 Å². The first-order valence-corrected chi connectivity index (χ1v) is 22.1. The summed E-state index contributed by atoms with van der Waals surface area (Å²) >= 11 is 0. The summed E-state index contributed by atoms with van der Waals surface area (Å²) in [7, 11) is -4.11. The van der Waals surface area contributed by atoms with Crippen LogP contribution >= 0.6 is 7.82 Å². The van der Waals surface area contributed by atoms with Gasteiger partial charge in [-0.15, -0.1) is 0 Å². The minimum Gasteiger partial charge on any atom is -0.379 e. The molecular formula is C39H82NO6P. The lowest BCUT2D eigenvalue weighted by molar-refractivity contribution is -0.0444. The van der Waals surface area contributed by atoms with Crippen LogP contribution in [0, 0.1) is 0 Å². The molecule has 8 heteroatoms. The minimum atomic E-state index is -4.11. The van der Waals surface area contributed by atoms with Gasteiger partial charge >= 0.3 is 7.82 Å². The molecule has 0 saturated carbocycles. The number of ether oxygens (including phenoxy) is 2. The molecule has 7 nitrogen and oxygen atoms in total. The van der Waals surface area contributed by atoms with E-state index < -0.39 is 7.82 Å². The molecule has 0 amide bonds. The van der Waals surface area contributed by atoms with Crippen LogP contribution in [0.4, 0.5) is 0 Å². The Labute approximate surface area is 293 Å². The molecule has 0 fully saturated rings. The highest BCUT2D eigenvalue weighted by Crippen LogP contribution is 2.43. The Morgan fingerprint density at radius 3 is 1.23 bits per heavy atom. The van der Waals surface area contributed by atoms with Crippen LogP contribution in [0.1, 0.15) is 206 Å². The fourth-order valence-electron chi connectivity index (χ4n) is 5.95. The van der Waals surface area contributed by atoms with E-state index in [1.165, 1.54) is 161 Å². The maximum absolute atomic E-state index is 12.3. The molecule has 0 aromatic heterocycles. The van der Waals surface area contributed by atoms with Crippen LogP contribution in [-0.2, 0) is 23.1 Å². The highest BCUT2D eigenvalue weighted by atomic mass is 31.2. The van der Waals surface area contributed by atoms with E-state index in [1.54, 1.807) is 0 Å². The molecule has 3 N–H and O–H groups in total. The maximum Gasteiger partial charge on any atom is 0.472 e. The van der Waals surface area contributed by atoms with E-state index in [2.05, 4.69) is 13.8 Å². The van der Waals surface area contributed by atoms with E-state index >= 15 is 0 Å². The zero-order chi connectivity index (χ0) is 34.4. The first-order chi connectivity index (χ1) is 23.1. The monoisotopic (exact) mass is 692 g/mol. The zero-order valence-corrected chi connectivity index (χ0v) is 32.4. The minimum absolute atomic E-state index is 0.0119. The van der Waals surface area contributed by atoms with Gasteiger partial charge in [0.15, 0.2) is 0 Å².